The molecule has 4 amide bonds. The Morgan fingerprint density at radius 3 is 2.33 bits per heavy atom. The molecule has 0 aliphatic carbocycles. The molecule has 1 aliphatic rings. The summed E-state index contributed by atoms with van der Waals surface area (Å²) in [5, 5.41) is 2.81. The fraction of sp³-hybridized carbons (Fsp3) is 0.385. The van der Waals surface area contributed by atoms with E-state index in [1.165, 1.54) is 9.80 Å². The second-order valence-corrected chi connectivity index (χ2v) is 4.55. The van der Waals surface area contributed by atoms with Crippen LogP contribution in [0.25, 0.3) is 0 Å². The molecule has 0 unspecified atom stereocenters. The van der Waals surface area contributed by atoms with Crippen molar-refractivity contribution in [3.63, 3.8) is 0 Å². The van der Waals surface area contributed by atoms with Gasteiger partial charge in [0, 0.05) is 25.8 Å². The molecular formula is C13H17N3O2. The van der Waals surface area contributed by atoms with Crippen molar-refractivity contribution in [2.24, 2.45) is 0 Å². The van der Waals surface area contributed by atoms with Crippen molar-refractivity contribution in [3.05, 3.63) is 29.3 Å². The highest BCUT2D eigenvalue weighted by atomic mass is 16.2. The molecule has 1 aromatic carbocycles. The lowest BCUT2D eigenvalue weighted by Crippen LogP contribution is -2.38. The second kappa shape index (κ2) is 4.68. The van der Waals surface area contributed by atoms with Gasteiger partial charge in [-0.1, -0.05) is 18.2 Å². The number of imide groups is 1. The zero-order chi connectivity index (χ0) is 13.3. The van der Waals surface area contributed by atoms with Crippen molar-refractivity contribution < 1.29 is 9.59 Å². The van der Waals surface area contributed by atoms with Gasteiger partial charge in [-0.25, -0.2) is 14.5 Å². The Balaban J connectivity index is 2.15. The predicted octanol–water partition coefficient (Wildman–Crippen LogP) is 2.20. The van der Waals surface area contributed by atoms with Crippen LogP contribution in [0.5, 0.6) is 0 Å². The maximum atomic E-state index is 12.0. The van der Waals surface area contributed by atoms with E-state index in [9.17, 15) is 9.59 Å². The molecule has 0 saturated carbocycles. The van der Waals surface area contributed by atoms with Crippen molar-refractivity contribution in [3.8, 4) is 0 Å². The van der Waals surface area contributed by atoms with Crippen molar-refractivity contribution in [1.29, 1.82) is 0 Å². The van der Waals surface area contributed by atoms with Gasteiger partial charge in [0.1, 0.15) is 0 Å². The number of aryl methyl sites for hydroxylation is 2. The lowest BCUT2D eigenvalue weighted by molar-refractivity contribution is 0.195. The number of nitrogens with one attached hydrogen (secondary N) is 1. The maximum Gasteiger partial charge on any atom is 0.330 e. The Hall–Kier alpha value is -2.04. The highest BCUT2D eigenvalue weighted by Gasteiger charge is 2.30. The molecule has 1 aliphatic heterocycles. The van der Waals surface area contributed by atoms with Gasteiger partial charge in [0.15, 0.2) is 0 Å². The predicted molar refractivity (Wildman–Crippen MR) is 69.7 cm³/mol. The van der Waals surface area contributed by atoms with Gasteiger partial charge in [0.2, 0.25) is 0 Å². The van der Waals surface area contributed by atoms with Crippen LogP contribution in [0.4, 0.5) is 15.3 Å². The van der Waals surface area contributed by atoms with Crippen LogP contribution in [0, 0.1) is 13.8 Å². The molecule has 1 fully saturated rings. The van der Waals surface area contributed by atoms with Gasteiger partial charge >= 0.3 is 12.1 Å². The molecule has 0 radical (unpaired) electrons. The molecule has 18 heavy (non-hydrogen) atoms. The summed E-state index contributed by atoms with van der Waals surface area (Å²) in [6.07, 6.45) is 0. The number of nitrogens with zero attached hydrogens (tertiary/aromatic N) is 2. The third-order valence-corrected chi connectivity index (χ3v) is 3.17. The van der Waals surface area contributed by atoms with E-state index < -0.39 is 0 Å². The van der Waals surface area contributed by atoms with E-state index in [2.05, 4.69) is 5.32 Å². The zero-order valence-corrected chi connectivity index (χ0v) is 10.9. The fourth-order valence-corrected chi connectivity index (χ4v) is 2.02. The minimum atomic E-state index is -0.359. The monoisotopic (exact) mass is 247 g/mol. The first-order valence-corrected chi connectivity index (χ1v) is 5.90. The van der Waals surface area contributed by atoms with Crippen LogP contribution in [0.2, 0.25) is 0 Å². The minimum Gasteiger partial charge on any atom is -0.326 e. The third-order valence-electron chi connectivity index (χ3n) is 3.17. The first-order chi connectivity index (χ1) is 8.50. The lowest BCUT2D eigenvalue weighted by Gasteiger charge is -2.17. The quantitative estimate of drug-likeness (QED) is 0.827. The molecule has 1 N–H and O–H groups in total. The first kappa shape index (κ1) is 12.4. The average molecular weight is 247 g/mol. The van der Waals surface area contributed by atoms with Crippen LogP contribution < -0.4 is 5.32 Å². The van der Waals surface area contributed by atoms with E-state index in [-0.39, 0.29) is 12.1 Å². The molecule has 5 heteroatoms. The van der Waals surface area contributed by atoms with E-state index in [0.717, 1.165) is 16.8 Å². The summed E-state index contributed by atoms with van der Waals surface area (Å²) in [7, 11) is 1.69. The summed E-state index contributed by atoms with van der Waals surface area (Å²) in [5.74, 6) is 0. The molecule has 0 bridgehead atoms. The minimum absolute atomic E-state index is 0.251. The number of carbonyl (C=O) groups excluding carboxylic acids is 2. The largest absolute Gasteiger partial charge is 0.330 e. The average Bonchev–Trinajstić information content (AvgIpc) is 2.65. The lowest BCUT2D eigenvalue weighted by atomic mass is 10.1. The SMILES string of the molecule is Cc1cccc(C)c1NC(=O)N1CCN(C)C1=O. The Kier molecular flexibility index (Phi) is 3.23. The maximum absolute atomic E-state index is 12.0. The third kappa shape index (κ3) is 2.16. The van der Waals surface area contributed by atoms with E-state index in [1.807, 2.05) is 32.0 Å². The summed E-state index contributed by atoms with van der Waals surface area (Å²) in [6.45, 7) is 4.88. The van der Waals surface area contributed by atoms with Gasteiger partial charge in [-0.15, -0.1) is 0 Å². The number of hydrogen-bond donors (Lipinski definition) is 1. The highest BCUT2D eigenvalue weighted by Crippen LogP contribution is 2.20. The fourth-order valence-electron chi connectivity index (χ4n) is 2.02. The van der Waals surface area contributed by atoms with Crippen LogP contribution >= 0.6 is 0 Å². The number of carbonyl (C=O) groups is 2. The highest BCUT2D eigenvalue weighted by molar-refractivity contribution is 6.02. The number of likely N-dealkylation sites (N-methyl/N-ethyl adjacent to an activating group) is 1. The molecule has 1 aromatic rings. The van der Waals surface area contributed by atoms with E-state index in [0.29, 0.717) is 13.1 Å². The Morgan fingerprint density at radius 1 is 1.22 bits per heavy atom. The van der Waals surface area contributed by atoms with Crippen molar-refractivity contribution in [2.75, 3.05) is 25.5 Å². The van der Waals surface area contributed by atoms with Gasteiger partial charge in [0.25, 0.3) is 0 Å². The number of urea groups is 2. The number of para-hydroxylation sites is 1. The second-order valence-electron chi connectivity index (χ2n) is 4.55. The molecule has 1 heterocycles. The van der Waals surface area contributed by atoms with Gasteiger partial charge in [-0.05, 0) is 25.0 Å². The molecular weight excluding hydrogens is 230 g/mol. The van der Waals surface area contributed by atoms with Crippen molar-refractivity contribution in [2.45, 2.75) is 13.8 Å². The summed E-state index contributed by atoms with van der Waals surface area (Å²) in [4.78, 5) is 26.5. The van der Waals surface area contributed by atoms with Crippen molar-refractivity contribution >= 4 is 17.7 Å². The standard InChI is InChI=1S/C13H17N3O2/c1-9-5-4-6-10(2)11(9)14-12(17)16-8-7-15(3)13(16)18/h4-6H,7-8H2,1-3H3,(H,14,17). The topological polar surface area (TPSA) is 52.7 Å². The molecule has 0 spiro atoms. The van der Waals surface area contributed by atoms with E-state index in [4.69, 9.17) is 0 Å². The summed E-state index contributed by atoms with van der Waals surface area (Å²) in [5.41, 5.74) is 2.76. The van der Waals surface area contributed by atoms with Gasteiger partial charge in [-0.2, -0.15) is 0 Å². The Morgan fingerprint density at radius 2 is 1.83 bits per heavy atom. The number of amides is 4. The first-order valence-electron chi connectivity index (χ1n) is 5.90. The Bertz CT molecular complexity index is 479. The van der Waals surface area contributed by atoms with Crippen LogP contribution in [0.3, 0.4) is 0 Å². The van der Waals surface area contributed by atoms with Gasteiger partial charge in [-0.3, -0.25) is 0 Å². The number of hydrogen-bond acceptors (Lipinski definition) is 2. The van der Waals surface area contributed by atoms with Crippen LogP contribution in [-0.2, 0) is 0 Å². The molecule has 0 atom stereocenters. The number of anilines is 1. The molecule has 96 valence electrons. The normalized spacial score (nSPS) is 15.2. The summed E-state index contributed by atoms with van der Waals surface area (Å²) in [6, 6.07) is 5.19. The summed E-state index contributed by atoms with van der Waals surface area (Å²) < 4.78 is 0. The van der Waals surface area contributed by atoms with Gasteiger partial charge < -0.3 is 10.2 Å². The molecule has 1 saturated heterocycles. The smallest absolute Gasteiger partial charge is 0.326 e. The summed E-state index contributed by atoms with van der Waals surface area (Å²) >= 11 is 0. The van der Waals surface area contributed by atoms with E-state index >= 15 is 0 Å². The zero-order valence-electron chi connectivity index (χ0n) is 10.9. The molecule has 5 nitrogen and oxygen atoms in total. The number of rotatable bonds is 1. The van der Waals surface area contributed by atoms with Crippen LogP contribution in [-0.4, -0.2) is 42.0 Å². The van der Waals surface area contributed by atoms with Crippen LogP contribution in [0.1, 0.15) is 11.1 Å². The molecule has 2 rings (SSSR count). The number of benzene rings is 1. The molecule has 0 aromatic heterocycles. The van der Waals surface area contributed by atoms with Crippen LogP contribution in [0.15, 0.2) is 18.2 Å². The van der Waals surface area contributed by atoms with Gasteiger partial charge in [0.05, 0.1) is 0 Å². The van der Waals surface area contributed by atoms with E-state index in [1.54, 1.807) is 7.05 Å². The Labute approximate surface area is 106 Å². The van der Waals surface area contributed by atoms with Crippen molar-refractivity contribution in [1.82, 2.24) is 9.80 Å².